The molecular weight excluding hydrogens is 338 g/mol. The largest absolute Gasteiger partial charge is 0.344 e. The van der Waals surface area contributed by atoms with Crippen molar-refractivity contribution < 1.29 is 13.2 Å². The van der Waals surface area contributed by atoms with Crippen molar-refractivity contribution >= 4 is 27.5 Å². The molecular formula is C15H20ClN3O3S. The Balaban J connectivity index is 1.69. The van der Waals surface area contributed by atoms with Gasteiger partial charge >= 0.3 is 0 Å². The molecule has 0 radical (unpaired) electrons. The average Bonchev–Trinajstić information content (AvgIpc) is 2.87. The normalized spacial score (nSPS) is 24.3. The second-order valence-electron chi connectivity index (χ2n) is 5.93. The van der Waals surface area contributed by atoms with Crippen molar-refractivity contribution in [3.8, 4) is 0 Å². The maximum absolute atomic E-state index is 12.7. The number of carbonyl (C=O) groups is 1. The third-order valence-electron chi connectivity index (χ3n) is 4.57. The lowest BCUT2D eigenvalue weighted by Crippen LogP contribution is -2.53. The van der Waals surface area contributed by atoms with E-state index in [-0.39, 0.29) is 21.9 Å². The highest BCUT2D eigenvalue weighted by molar-refractivity contribution is 7.89. The molecule has 8 heteroatoms. The maximum atomic E-state index is 12.7. The summed E-state index contributed by atoms with van der Waals surface area (Å²) >= 11 is 6.03. The van der Waals surface area contributed by atoms with Gasteiger partial charge in [0.05, 0.1) is 11.1 Å². The molecule has 1 atom stereocenters. The summed E-state index contributed by atoms with van der Waals surface area (Å²) in [6.07, 6.45) is 0.812. The van der Waals surface area contributed by atoms with E-state index < -0.39 is 10.0 Å². The first kappa shape index (κ1) is 16.7. The molecule has 0 saturated carbocycles. The third-order valence-corrected chi connectivity index (χ3v) is 6.97. The van der Waals surface area contributed by atoms with Gasteiger partial charge in [0.2, 0.25) is 15.9 Å². The summed E-state index contributed by atoms with van der Waals surface area (Å²) in [6, 6.07) is 6.38. The van der Waals surface area contributed by atoms with Crippen LogP contribution in [0.2, 0.25) is 5.02 Å². The predicted octanol–water partition coefficient (Wildman–Crippen LogP) is 0.877. The number of nitrogens with zero attached hydrogens (tertiary/aromatic N) is 3. The highest BCUT2D eigenvalue weighted by Gasteiger charge is 2.37. The zero-order valence-corrected chi connectivity index (χ0v) is 14.6. The lowest BCUT2D eigenvalue weighted by atomic mass is 10.2. The summed E-state index contributed by atoms with van der Waals surface area (Å²) in [4.78, 5) is 16.1. The van der Waals surface area contributed by atoms with E-state index in [2.05, 4.69) is 4.90 Å². The summed E-state index contributed by atoms with van der Waals surface area (Å²) in [6.45, 7) is 2.64. The Morgan fingerprint density at radius 1 is 1.09 bits per heavy atom. The molecule has 2 fully saturated rings. The van der Waals surface area contributed by atoms with Crippen LogP contribution in [-0.4, -0.2) is 74.2 Å². The fourth-order valence-electron chi connectivity index (χ4n) is 3.19. The van der Waals surface area contributed by atoms with Crippen LogP contribution < -0.4 is 0 Å². The van der Waals surface area contributed by atoms with Gasteiger partial charge in [0.25, 0.3) is 0 Å². The number of rotatable bonds is 3. The zero-order valence-electron chi connectivity index (χ0n) is 13.0. The highest BCUT2D eigenvalue weighted by atomic mass is 35.5. The third kappa shape index (κ3) is 3.10. The van der Waals surface area contributed by atoms with E-state index in [9.17, 15) is 13.2 Å². The first-order valence-corrected chi connectivity index (χ1v) is 9.47. The molecule has 0 aliphatic carbocycles. The molecule has 1 aromatic carbocycles. The summed E-state index contributed by atoms with van der Waals surface area (Å²) < 4.78 is 26.9. The molecule has 0 spiro atoms. The van der Waals surface area contributed by atoms with E-state index in [1.807, 2.05) is 0 Å². The molecule has 2 aliphatic rings. The Morgan fingerprint density at radius 2 is 1.74 bits per heavy atom. The number of halogens is 1. The minimum atomic E-state index is -3.58. The van der Waals surface area contributed by atoms with Crippen LogP contribution >= 0.6 is 11.6 Å². The number of sulfonamides is 1. The van der Waals surface area contributed by atoms with Crippen LogP contribution in [0.15, 0.2) is 29.2 Å². The summed E-state index contributed by atoms with van der Waals surface area (Å²) in [7, 11) is -1.78. The Morgan fingerprint density at radius 3 is 2.30 bits per heavy atom. The Hall–Kier alpha value is -1.15. The Labute approximate surface area is 141 Å². The van der Waals surface area contributed by atoms with Crippen molar-refractivity contribution in [2.24, 2.45) is 0 Å². The van der Waals surface area contributed by atoms with Gasteiger partial charge in [0, 0.05) is 39.8 Å². The molecule has 6 nitrogen and oxygen atoms in total. The van der Waals surface area contributed by atoms with Crippen LogP contribution in [0.3, 0.4) is 0 Å². The second-order valence-corrected chi connectivity index (χ2v) is 8.25. The summed E-state index contributed by atoms with van der Waals surface area (Å²) in [5.74, 6) is 0.132. The van der Waals surface area contributed by atoms with Crippen molar-refractivity contribution in [2.45, 2.75) is 17.4 Å². The van der Waals surface area contributed by atoms with Crippen molar-refractivity contribution in [3.63, 3.8) is 0 Å². The molecule has 2 saturated heterocycles. The van der Waals surface area contributed by atoms with Gasteiger partial charge in [0.1, 0.15) is 4.90 Å². The summed E-state index contributed by atoms with van der Waals surface area (Å²) in [5.41, 5.74) is 0. The van der Waals surface area contributed by atoms with E-state index in [4.69, 9.17) is 11.6 Å². The topological polar surface area (TPSA) is 60.9 Å². The predicted molar refractivity (Wildman–Crippen MR) is 87.8 cm³/mol. The van der Waals surface area contributed by atoms with E-state index in [1.54, 1.807) is 30.1 Å². The molecule has 1 amide bonds. The number of hydrogen-bond donors (Lipinski definition) is 0. The molecule has 2 heterocycles. The SMILES string of the molecule is CN1CCC(N2CCN(S(=O)(=O)c3ccccc3Cl)CC2)C1=O. The van der Waals surface area contributed by atoms with Crippen LogP contribution in [0.4, 0.5) is 0 Å². The lowest BCUT2D eigenvalue weighted by Gasteiger charge is -2.36. The van der Waals surface area contributed by atoms with Crippen LogP contribution in [0.5, 0.6) is 0 Å². The van der Waals surface area contributed by atoms with Crippen LogP contribution in [-0.2, 0) is 14.8 Å². The van der Waals surface area contributed by atoms with Crippen molar-refractivity contribution in [3.05, 3.63) is 29.3 Å². The first-order valence-electron chi connectivity index (χ1n) is 7.65. The molecule has 2 aliphatic heterocycles. The molecule has 1 aromatic rings. The van der Waals surface area contributed by atoms with E-state index in [0.29, 0.717) is 26.2 Å². The zero-order chi connectivity index (χ0) is 16.6. The van der Waals surface area contributed by atoms with Crippen molar-refractivity contribution in [1.29, 1.82) is 0 Å². The van der Waals surface area contributed by atoms with Crippen LogP contribution in [0.1, 0.15) is 6.42 Å². The number of likely N-dealkylation sites (N-methyl/N-ethyl adjacent to an activating group) is 1. The van der Waals surface area contributed by atoms with Gasteiger partial charge in [-0.15, -0.1) is 0 Å². The molecule has 1 unspecified atom stereocenters. The van der Waals surface area contributed by atoms with Gasteiger partial charge < -0.3 is 4.90 Å². The van der Waals surface area contributed by atoms with Crippen molar-refractivity contribution in [2.75, 3.05) is 39.8 Å². The summed E-state index contributed by atoms with van der Waals surface area (Å²) in [5, 5.41) is 0.238. The monoisotopic (exact) mass is 357 g/mol. The smallest absolute Gasteiger partial charge is 0.244 e. The lowest BCUT2D eigenvalue weighted by molar-refractivity contribution is -0.131. The minimum absolute atomic E-state index is 0.106. The fourth-order valence-corrected chi connectivity index (χ4v) is 5.11. The number of piperazine rings is 1. The van der Waals surface area contributed by atoms with E-state index in [1.165, 1.54) is 10.4 Å². The standard InChI is InChI=1S/C15H20ClN3O3S/c1-17-7-6-13(15(17)20)18-8-10-19(11-9-18)23(21,22)14-5-3-2-4-12(14)16/h2-5,13H,6-11H2,1H3. The highest BCUT2D eigenvalue weighted by Crippen LogP contribution is 2.26. The molecule has 0 aromatic heterocycles. The minimum Gasteiger partial charge on any atom is -0.344 e. The van der Waals surface area contributed by atoms with Gasteiger partial charge in [-0.3, -0.25) is 9.69 Å². The van der Waals surface area contributed by atoms with Gasteiger partial charge in [-0.1, -0.05) is 23.7 Å². The van der Waals surface area contributed by atoms with E-state index >= 15 is 0 Å². The molecule has 0 bridgehead atoms. The molecule has 126 valence electrons. The fraction of sp³-hybridized carbons (Fsp3) is 0.533. The number of hydrogen-bond acceptors (Lipinski definition) is 4. The van der Waals surface area contributed by atoms with Gasteiger partial charge in [-0.25, -0.2) is 8.42 Å². The number of amides is 1. The average molecular weight is 358 g/mol. The quantitative estimate of drug-likeness (QED) is 0.805. The molecule has 23 heavy (non-hydrogen) atoms. The van der Waals surface area contributed by atoms with Gasteiger partial charge in [-0.2, -0.15) is 4.31 Å². The number of benzene rings is 1. The van der Waals surface area contributed by atoms with Crippen molar-refractivity contribution in [1.82, 2.24) is 14.1 Å². The second kappa shape index (κ2) is 6.39. The molecule has 0 N–H and O–H groups in total. The number of carbonyl (C=O) groups excluding carboxylic acids is 1. The van der Waals surface area contributed by atoms with Crippen LogP contribution in [0.25, 0.3) is 0 Å². The van der Waals surface area contributed by atoms with Gasteiger partial charge in [0.15, 0.2) is 0 Å². The van der Waals surface area contributed by atoms with Gasteiger partial charge in [-0.05, 0) is 18.6 Å². The maximum Gasteiger partial charge on any atom is 0.244 e. The first-order chi connectivity index (χ1) is 10.9. The Kier molecular flexibility index (Phi) is 4.64. The van der Waals surface area contributed by atoms with E-state index in [0.717, 1.165) is 13.0 Å². The number of likely N-dealkylation sites (tertiary alicyclic amines) is 1. The molecule has 3 rings (SSSR count). The van der Waals surface area contributed by atoms with Crippen LogP contribution in [0, 0.1) is 0 Å². The Bertz CT molecular complexity index is 702.